The molecule has 4 N–H and O–H groups in total. The molecule has 25 heavy (non-hydrogen) atoms. The Balaban J connectivity index is 1.97. The van der Waals surface area contributed by atoms with Gasteiger partial charge in [0.2, 0.25) is 10.9 Å². The van der Waals surface area contributed by atoms with Crippen LogP contribution < -0.4 is 15.9 Å². The third kappa shape index (κ3) is 5.02. The molecular formula is C12H12N6O5S2. The van der Waals surface area contributed by atoms with Crippen LogP contribution in [0, 0.1) is 10.1 Å². The van der Waals surface area contributed by atoms with Gasteiger partial charge in [0.05, 0.1) is 24.0 Å². The highest BCUT2D eigenvalue weighted by Crippen LogP contribution is 2.36. The molecule has 1 aromatic carbocycles. The van der Waals surface area contributed by atoms with Crippen LogP contribution in [0.3, 0.4) is 0 Å². The van der Waals surface area contributed by atoms with Crippen molar-refractivity contribution in [2.75, 3.05) is 18.6 Å². The maximum absolute atomic E-state index is 11.7. The summed E-state index contributed by atoms with van der Waals surface area (Å²) in [5.41, 5.74) is 7.44. The Hall–Kier alpha value is -2.93. The number of aromatic hydroxyl groups is 1. The molecule has 1 amide bonds. The van der Waals surface area contributed by atoms with Crippen LogP contribution in [-0.4, -0.2) is 45.2 Å². The third-order valence-electron chi connectivity index (χ3n) is 2.65. The number of rotatable bonds is 7. The van der Waals surface area contributed by atoms with Crippen LogP contribution in [0.4, 0.5) is 10.8 Å². The molecule has 13 heteroatoms. The summed E-state index contributed by atoms with van der Waals surface area (Å²) < 4.78 is 5.42. The predicted molar refractivity (Wildman–Crippen MR) is 92.1 cm³/mol. The van der Waals surface area contributed by atoms with Gasteiger partial charge >= 0.3 is 5.69 Å². The number of aromatic nitrogens is 2. The second-order valence-electron chi connectivity index (χ2n) is 4.34. The molecule has 0 radical (unpaired) electrons. The molecule has 0 aliphatic rings. The molecule has 0 aliphatic carbocycles. The van der Waals surface area contributed by atoms with Gasteiger partial charge in [-0.2, -0.15) is 5.10 Å². The lowest BCUT2D eigenvalue weighted by atomic mass is 10.2. The number of nitrogen functional groups attached to an aromatic ring is 1. The second-order valence-corrected chi connectivity index (χ2v) is 6.57. The molecule has 2 aromatic rings. The standard InChI is InChI=1S/C12H12N6O5S2/c1-23-8-3-6(2-7(10(8)20)18(21)22)4-14-15-9(19)5-24-12-17-16-11(13)25-12/h2-4,20H,5H2,1H3,(H2,13,16)(H,15,19). The van der Waals surface area contributed by atoms with E-state index in [-0.39, 0.29) is 17.1 Å². The van der Waals surface area contributed by atoms with Crippen molar-refractivity contribution >= 4 is 46.0 Å². The van der Waals surface area contributed by atoms with Crippen LogP contribution >= 0.6 is 23.1 Å². The largest absolute Gasteiger partial charge is 0.500 e. The highest BCUT2D eigenvalue weighted by Gasteiger charge is 2.19. The summed E-state index contributed by atoms with van der Waals surface area (Å²) in [7, 11) is 1.26. The quantitative estimate of drug-likeness (QED) is 0.273. The summed E-state index contributed by atoms with van der Waals surface area (Å²) in [6.07, 6.45) is 1.19. The molecule has 0 atom stereocenters. The number of carbonyl (C=O) groups is 1. The molecule has 0 bridgehead atoms. The first-order valence-corrected chi connectivity index (χ1v) is 8.30. The Morgan fingerprint density at radius 1 is 1.60 bits per heavy atom. The SMILES string of the molecule is COc1cc(C=NNC(=O)CSc2nnc(N)s2)cc([N+](=O)[O-])c1O. The normalized spacial score (nSPS) is 10.8. The van der Waals surface area contributed by atoms with Gasteiger partial charge in [0, 0.05) is 11.6 Å². The third-order valence-corrected chi connectivity index (χ3v) is 4.53. The number of nitrogens with zero attached hydrogens (tertiary/aromatic N) is 4. The fraction of sp³-hybridized carbons (Fsp3) is 0.167. The number of ether oxygens (including phenoxy) is 1. The average molecular weight is 384 g/mol. The topological polar surface area (TPSA) is 166 Å². The Kier molecular flexibility index (Phi) is 6.08. The second kappa shape index (κ2) is 8.25. The smallest absolute Gasteiger partial charge is 0.315 e. The number of nitro benzene ring substituents is 1. The van der Waals surface area contributed by atoms with Gasteiger partial charge in [-0.3, -0.25) is 14.9 Å². The number of carbonyl (C=O) groups excluding carboxylic acids is 1. The number of hydrogen-bond acceptors (Lipinski definition) is 11. The number of methoxy groups -OCH3 is 1. The summed E-state index contributed by atoms with van der Waals surface area (Å²) in [6, 6.07) is 2.45. The van der Waals surface area contributed by atoms with Crippen molar-refractivity contribution in [1.82, 2.24) is 15.6 Å². The van der Waals surface area contributed by atoms with E-state index in [9.17, 15) is 20.0 Å². The monoisotopic (exact) mass is 384 g/mol. The lowest BCUT2D eigenvalue weighted by Gasteiger charge is -2.05. The highest BCUT2D eigenvalue weighted by molar-refractivity contribution is 8.01. The summed E-state index contributed by atoms with van der Waals surface area (Å²) in [5, 5.41) is 32.0. The Bertz CT molecular complexity index is 824. The predicted octanol–water partition coefficient (Wildman–Crippen LogP) is 0.985. The van der Waals surface area contributed by atoms with Crippen LogP contribution in [0.5, 0.6) is 11.5 Å². The first kappa shape index (κ1) is 18.4. The number of hydrazone groups is 1. The lowest BCUT2D eigenvalue weighted by molar-refractivity contribution is -0.386. The number of nitrogens with two attached hydrogens (primary N) is 1. The van der Waals surface area contributed by atoms with Crippen LogP contribution in [0.1, 0.15) is 5.56 Å². The van der Waals surface area contributed by atoms with E-state index < -0.39 is 22.3 Å². The minimum Gasteiger partial charge on any atom is -0.500 e. The van der Waals surface area contributed by atoms with Crippen molar-refractivity contribution in [3.63, 3.8) is 0 Å². The molecule has 0 saturated carbocycles. The van der Waals surface area contributed by atoms with Gasteiger partial charge in [0.25, 0.3) is 5.91 Å². The minimum absolute atomic E-state index is 0.0466. The zero-order valence-corrected chi connectivity index (χ0v) is 14.3. The van der Waals surface area contributed by atoms with Crippen molar-refractivity contribution in [2.45, 2.75) is 4.34 Å². The van der Waals surface area contributed by atoms with Crippen LogP contribution in [0.15, 0.2) is 21.6 Å². The van der Waals surface area contributed by atoms with E-state index in [1.54, 1.807) is 0 Å². The Morgan fingerprint density at radius 3 is 2.96 bits per heavy atom. The van der Waals surface area contributed by atoms with Crippen LogP contribution in [0.25, 0.3) is 0 Å². The molecule has 1 heterocycles. The molecule has 0 aliphatic heterocycles. The molecule has 11 nitrogen and oxygen atoms in total. The number of phenols is 1. The lowest BCUT2D eigenvalue weighted by Crippen LogP contribution is -2.19. The van der Waals surface area contributed by atoms with E-state index in [0.717, 1.165) is 29.2 Å². The summed E-state index contributed by atoms with van der Waals surface area (Å²) in [5.74, 6) is -1.02. The fourth-order valence-corrected chi connectivity index (χ4v) is 3.03. The minimum atomic E-state index is -0.752. The average Bonchev–Trinajstić information content (AvgIpc) is 2.99. The zero-order valence-electron chi connectivity index (χ0n) is 12.7. The number of anilines is 1. The number of nitro groups is 1. The maximum Gasteiger partial charge on any atom is 0.315 e. The highest BCUT2D eigenvalue weighted by atomic mass is 32.2. The first-order valence-electron chi connectivity index (χ1n) is 6.49. The van der Waals surface area contributed by atoms with Crippen molar-refractivity contribution in [3.05, 3.63) is 27.8 Å². The van der Waals surface area contributed by atoms with Gasteiger partial charge in [-0.05, 0) is 6.07 Å². The zero-order chi connectivity index (χ0) is 18.4. The van der Waals surface area contributed by atoms with Crippen molar-refractivity contribution in [2.24, 2.45) is 5.10 Å². The fourth-order valence-electron chi connectivity index (χ4n) is 1.60. The summed E-state index contributed by atoms with van der Waals surface area (Å²) in [4.78, 5) is 21.8. The number of thioether (sulfide) groups is 1. The van der Waals surface area contributed by atoms with Gasteiger partial charge in [0.15, 0.2) is 10.1 Å². The number of nitrogens with one attached hydrogen (secondary N) is 1. The number of benzene rings is 1. The van der Waals surface area contributed by atoms with Crippen molar-refractivity contribution in [3.8, 4) is 11.5 Å². The van der Waals surface area contributed by atoms with Gasteiger partial charge in [-0.1, -0.05) is 23.1 Å². The molecule has 1 aromatic heterocycles. The van der Waals surface area contributed by atoms with E-state index >= 15 is 0 Å². The van der Waals surface area contributed by atoms with Crippen molar-refractivity contribution < 1.29 is 19.6 Å². The van der Waals surface area contributed by atoms with Gasteiger partial charge in [-0.15, -0.1) is 10.2 Å². The summed E-state index contributed by atoms with van der Waals surface area (Å²) in [6.45, 7) is 0. The van der Waals surface area contributed by atoms with Crippen LogP contribution in [0.2, 0.25) is 0 Å². The number of phenolic OH excluding ortho intramolecular Hbond substituents is 1. The van der Waals surface area contributed by atoms with Crippen LogP contribution in [-0.2, 0) is 4.79 Å². The Morgan fingerprint density at radius 2 is 2.36 bits per heavy atom. The number of hydrogen-bond donors (Lipinski definition) is 3. The maximum atomic E-state index is 11.7. The molecule has 0 fully saturated rings. The van der Waals surface area contributed by atoms with Gasteiger partial charge in [-0.25, -0.2) is 5.43 Å². The number of amides is 1. The molecule has 0 spiro atoms. The van der Waals surface area contributed by atoms with Gasteiger partial charge in [0.1, 0.15) is 0 Å². The molecule has 0 saturated heterocycles. The van der Waals surface area contributed by atoms with E-state index in [1.165, 1.54) is 19.4 Å². The summed E-state index contributed by atoms with van der Waals surface area (Å²) >= 11 is 2.31. The van der Waals surface area contributed by atoms with E-state index in [2.05, 4.69) is 20.7 Å². The van der Waals surface area contributed by atoms with Gasteiger partial charge < -0.3 is 15.6 Å². The molecule has 2 rings (SSSR count). The van der Waals surface area contributed by atoms with E-state index in [1.807, 2.05) is 0 Å². The Labute approximate surface area is 149 Å². The van der Waals surface area contributed by atoms with Crippen molar-refractivity contribution in [1.29, 1.82) is 0 Å². The first-order chi connectivity index (χ1) is 11.9. The molecule has 0 unspecified atom stereocenters. The van der Waals surface area contributed by atoms with E-state index in [4.69, 9.17) is 10.5 Å². The van der Waals surface area contributed by atoms with E-state index in [0.29, 0.717) is 9.47 Å². The molecule has 132 valence electrons. The molecular weight excluding hydrogens is 372 g/mol.